The van der Waals surface area contributed by atoms with E-state index in [0.29, 0.717) is 0 Å². The summed E-state index contributed by atoms with van der Waals surface area (Å²) in [5.74, 6) is 0. The van der Waals surface area contributed by atoms with Crippen molar-refractivity contribution in [2.45, 2.75) is 0 Å². The van der Waals surface area contributed by atoms with Crippen molar-refractivity contribution >= 4 is 16.2 Å². The first-order valence-electron chi connectivity index (χ1n) is 4.62. The molecule has 4 heteroatoms. The number of benzene rings is 1. The fourth-order valence-corrected chi connectivity index (χ4v) is 1.29. The van der Waals surface area contributed by atoms with Gasteiger partial charge in [0.1, 0.15) is 0 Å². The number of allylic oxidation sites excluding steroid dienone is 4. The summed E-state index contributed by atoms with van der Waals surface area (Å²) in [4.78, 5) is 0. The highest BCUT2D eigenvalue weighted by Crippen LogP contribution is 2.00. The summed E-state index contributed by atoms with van der Waals surface area (Å²) < 4.78 is 29.0. The van der Waals surface area contributed by atoms with E-state index in [2.05, 4.69) is 0 Å². The van der Waals surface area contributed by atoms with E-state index in [-0.39, 0.29) is 0 Å². The van der Waals surface area contributed by atoms with Crippen molar-refractivity contribution in [2.75, 3.05) is 0 Å². The Morgan fingerprint density at radius 1 is 0.938 bits per heavy atom. The van der Waals surface area contributed by atoms with Crippen molar-refractivity contribution in [1.29, 1.82) is 0 Å². The van der Waals surface area contributed by atoms with E-state index in [1.165, 1.54) is 12.2 Å². The second-order valence-electron chi connectivity index (χ2n) is 3.00. The van der Waals surface area contributed by atoms with E-state index >= 15 is 0 Å². The van der Waals surface area contributed by atoms with Crippen LogP contribution in [0.3, 0.4) is 0 Å². The lowest BCUT2D eigenvalue weighted by Crippen LogP contribution is -1.87. The molecule has 0 saturated carbocycles. The normalized spacial score (nSPS) is 13.1. The van der Waals surface area contributed by atoms with E-state index in [4.69, 9.17) is 4.55 Å². The number of hydrogen-bond acceptors (Lipinski definition) is 2. The molecule has 1 aromatic carbocycles. The summed E-state index contributed by atoms with van der Waals surface area (Å²) in [6, 6.07) is 9.71. The smallest absolute Gasteiger partial charge is 0.282 e. The molecule has 0 aliphatic carbocycles. The minimum Gasteiger partial charge on any atom is -0.282 e. The van der Waals surface area contributed by atoms with Gasteiger partial charge in [0.05, 0.1) is 5.41 Å². The maximum atomic E-state index is 10.3. The van der Waals surface area contributed by atoms with Crippen molar-refractivity contribution in [1.82, 2.24) is 0 Å². The second kappa shape index (κ2) is 6.05. The van der Waals surface area contributed by atoms with Gasteiger partial charge in [-0.15, -0.1) is 0 Å². The molecule has 0 aliphatic heterocycles. The van der Waals surface area contributed by atoms with Gasteiger partial charge in [0.2, 0.25) is 0 Å². The zero-order valence-corrected chi connectivity index (χ0v) is 9.34. The highest BCUT2D eigenvalue weighted by Gasteiger charge is 1.91. The van der Waals surface area contributed by atoms with Crippen LogP contribution in [0.4, 0.5) is 0 Å². The molecule has 3 nitrogen and oxygen atoms in total. The molecule has 0 atom stereocenters. The van der Waals surface area contributed by atoms with Crippen LogP contribution >= 0.6 is 0 Å². The van der Waals surface area contributed by atoms with Crippen LogP contribution in [0.15, 0.2) is 60.0 Å². The molecule has 0 spiro atoms. The quantitative estimate of drug-likeness (QED) is 0.646. The Morgan fingerprint density at radius 2 is 1.56 bits per heavy atom. The standard InChI is InChI=1S/C12H12O3S/c13-16(14,15)11-7-2-1-4-8-12-9-5-3-6-10-12/h1-11H,(H,13,14,15). The summed E-state index contributed by atoms with van der Waals surface area (Å²) >= 11 is 0. The predicted molar refractivity (Wildman–Crippen MR) is 65.3 cm³/mol. The van der Waals surface area contributed by atoms with Crippen molar-refractivity contribution in [3.05, 3.63) is 65.6 Å². The molecule has 1 N–H and O–H groups in total. The van der Waals surface area contributed by atoms with E-state index in [9.17, 15) is 8.42 Å². The summed E-state index contributed by atoms with van der Waals surface area (Å²) in [6.45, 7) is 0. The van der Waals surface area contributed by atoms with Crippen LogP contribution < -0.4 is 0 Å². The van der Waals surface area contributed by atoms with Crippen LogP contribution in [-0.4, -0.2) is 13.0 Å². The molecular weight excluding hydrogens is 224 g/mol. The minimum absolute atomic E-state index is 0.722. The van der Waals surface area contributed by atoms with Gasteiger partial charge in [-0.05, 0) is 11.6 Å². The molecule has 0 bridgehead atoms. The zero-order chi connectivity index (χ0) is 11.9. The molecule has 84 valence electrons. The van der Waals surface area contributed by atoms with Crippen LogP contribution in [0.1, 0.15) is 5.56 Å². The van der Waals surface area contributed by atoms with E-state index in [1.807, 2.05) is 36.4 Å². The molecule has 0 heterocycles. The highest BCUT2D eigenvalue weighted by molar-refractivity contribution is 7.88. The molecule has 0 aromatic heterocycles. The molecule has 0 fully saturated rings. The van der Waals surface area contributed by atoms with Crippen molar-refractivity contribution in [3.63, 3.8) is 0 Å². The third kappa shape index (κ3) is 5.95. The molecular formula is C12H12O3S. The van der Waals surface area contributed by atoms with Crippen LogP contribution in [0.5, 0.6) is 0 Å². The molecule has 0 aliphatic rings. The van der Waals surface area contributed by atoms with Gasteiger partial charge in [-0.3, -0.25) is 4.55 Å². The first-order chi connectivity index (χ1) is 7.58. The topological polar surface area (TPSA) is 54.4 Å². The molecule has 0 radical (unpaired) electrons. The molecule has 1 aromatic rings. The largest absolute Gasteiger partial charge is 0.287 e. The van der Waals surface area contributed by atoms with Gasteiger partial charge in [0.25, 0.3) is 10.1 Å². The Kier molecular flexibility index (Phi) is 4.69. The predicted octanol–water partition coefficient (Wildman–Crippen LogP) is 2.66. The van der Waals surface area contributed by atoms with Crippen LogP contribution in [0.25, 0.3) is 6.08 Å². The Hall–Kier alpha value is -1.65. The van der Waals surface area contributed by atoms with Gasteiger partial charge in [0.15, 0.2) is 0 Å². The highest BCUT2D eigenvalue weighted by atomic mass is 32.2. The zero-order valence-electron chi connectivity index (χ0n) is 8.52. The van der Waals surface area contributed by atoms with Gasteiger partial charge in [-0.1, -0.05) is 54.6 Å². The third-order valence-corrected chi connectivity index (χ3v) is 2.17. The molecule has 0 saturated heterocycles. The van der Waals surface area contributed by atoms with Crippen molar-refractivity contribution < 1.29 is 13.0 Å². The maximum Gasteiger partial charge on any atom is 0.287 e. The van der Waals surface area contributed by atoms with E-state index < -0.39 is 10.1 Å². The van der Waals surface area contributed by atoms with E-state index in [0.717, 1.165) is 11.0 Å². The Morgan fingerprint density at radius 3 is 2.19 bits per heavy atom. The van der Waals surface area contributed by atoms with Crippen molar-refractivity contribution in [3.8, 4) is 0 Å². The molecule has 1 rings (SSSR count). The summed E-state index contributed by atoms with van der Waals surface area (Å²) in [5.41, 5.74) is 1.06. The van der Waals surface area contributed by atoms with Crippen LogP contribution in [0, 0.1) is 0 Å². The van der Waals surface area contributed by atoms with Crippen LogP contribution in [-0.2, 0) is 10.1 Å². The van der Waals surface area contributed by atoms with Crippen LogP contribution in [0.2, 0.25) is 0 Å². The van der Waals surface area contributed by atoms with Gasteiger partial charge < -0.3 is 0 Å². The second-order valence-corrected chi connectivity index (χ2v) is 4.30. The molecule has 16 heavy (non-hydrogen) atoms. The van der Waals surface area contributed by atoms with E-state index in [1.54, 1.807) is 12.2 Å². The summed E-state index contributed by atoms with van der Waals surface area (Å²) in [6.07, 6.45) is 8.12. The van der Waals surface area contributed by atoms with Gasteiger partial charge in [-0.25, -0.2) is 0 Å². The minimum atomic E-state index is -4.02. The van der Waals surface area contributed by atoms with Gasteiger partial charge >= 0.3 is 0 Å². The fraction of sp³-hybridized carbons (Fsp3) is 0. The first-order valence-corrected chi connectivity index (χ1v) is 6.12. The SMILES string of the molecule is O=S(=O)(O)C=CC=CC=Cc1ccccc1. The van der Waals surface area contributed by atoms with Gasteiger partial charge in [-0.2, -0.15) is 8.42 Å². The monoisotopic (exact) mass is 236 g/mol. The number of hydrogen-bond donors (Lipinski definition) is 1. The Bertz CT molecular complexity index is 496. The summed E-state index contributed by atoms with van der Waals surface area (Å²) in [7, 11) is -4.02. The lowest BCUT2D eigenvalue weighted by molar-refractivity contribution is 0.494. The summed E-state index contributed by atoms with van der Waals surface area (Å²) in [5, 5.41) is 0.722. The van der Waals surface area contributed by atoms with Gasteiger partial charge in [0, 0.05) is 0 Å². The average molecular weight is 236 g/mol. The average Bonchev–Trinajstić information content (AvgIpc) is 2.23. The third-order valence-electron chi connectivity index (χ3n) is 1.67. The first kappa shape index (κ1) is 12.4. The van der Waals surface area contributed by atoms with Crippen molar-refractivity contribution in [2.24, 2.45) is 0 Å². The Balaban J connectivity index is 2.50. The molecule has 0 amide bonds. The number of rotatable bonds is 4. The maximum absolute atomic E-state index is 10.3. The molecule has 0 unspecified atom stereocenters. The Labute approximate surface area is 95.2 Å². The lowest BCUT2D eigenvalue weighted by Gasteiger charge is -1.87. The lowest BCUT2D eigenvalue weighted by atomic mass is 10.2. The fourth-order valence-electron chi connectivity index (χ4n) is 1.00.